The molecule has 5 atom stereocenters. The molecule has 3 aromatic rings. The van der Waals surface area contributed by atoms with Gasteiger partial charge < -0.3 is 28.8 Å². The standard InChI is InChI=1S/C28H26O9/c1-33-28-22(29)24(37-27(32)20-15-9-4-10-16-20)23(36-26(31)19-13-7-3-8-14-19)21(35-28)17-34-25(30)18-11-5-2-6-12-18/h2-16,21-24,28-29H,17H2,1H3/t21-,22-,23+,24-,28+/m1/s1. The largest absolute Gasteiger partial charge is 0.459 e. The summed E-state index contributed by atoms with van der Waals surface area (Å²) in [6.45, 7) is -0.369. The summed E-state index contributed by atoms with van der Waals surface area (Å²) in [6, 6.07) is 24.6. The zero-order valence-electron chi connectivity index (χ0n) is 20.0. The van der Waals surface area contributed by atoms with Crippen LogP contribution in [-0.4, -0.2) is 67.4 Å². The number of ether oxygens (including phenoxy) is 5. The van der Waals surface area contributed by atoms with Gasteiger partial charge in [0, 0.05) is 7.11 Å². The van der Waals surface area contributed by atoms with E-state index in [1.165, 1.54) is 7.11 Å². The van der Waals surface area contributed by atoms with Gasteiger partial charge in [-0.1, -0.05) is 54.6 Å². The van der Waals surface area contributed by atoms with Crippen molar-refractivity contribution in [3.63, 3.8) is 0 Å². The highest BCUT2D eigenvalue weighted by Gasteiger charge is 2.50. The van der Waals surface area contributed by atoms with E-state index >= 15 is 0 Å². The van der Waals surface area contributed by atoms with Crippen molar-refractivity contribution in [2.24, 2.45) is 0 Å². The highest BCUT2D eigenvalue weighted by molar-refractivity contribution is 5.90. The van der Waals surface area contributed by atoms with E-state index in [2.05, 4.69) is 0 Å². The van der Waals surface area contributed by atoms with Gasteiger partial charge in [0.1, 0.15) is 18.8 Å². The molecule has 9 heteroatoms. The first-order valence-corrected chi connectivity index (χ1v) is 11.6. The molecule has 0 amide bonds. The molecule has 1 heterocycles. The van der Waals surface area contributed by atoms with Crippen LogP contribution in [0.25, 0.3) is 0 Å². The molecular formula is C28H26O9. The lowest BCUT2D eigenvalue weighted by Gasteiger charge is -2.42. The molecule has 37 heavy (non-hydrogen) atoms. The number of methoxy groups -OCH3 is 1. The third-order valence-electron chi connectivity index (χ3n) is 5.74. The van der Waals surface area contributed by atoms with Crippen molar-refractivity contribution in [2.45, 2.75) is 30.7 Å². The monoisotopic (exact) mass is 506 g/mol. The van der Waals surface area contributed by atoms with Crippen molar-refractivity contribution in [2.75, 3.05) is 13.7 Å². The molecule has 0 radical (unpaired) electrons. The van der Waals surface area contributed by atoms with Gasteiger partial charge in [0.05, 0.1) is 16.7 Å². The van der Waals surface area contributed by atoms with Crippen LogP contribution in [0, 0.1) is 0 Å². The number of aliphatic hydroxyl groups is 1. The summed E-state index contributed by atoms with van der Waals surface area (Å²) in [5.41, 5.74) is 0.779. The summed E-state index contributed by atoms with van der Waals surface area (Å²) in [5.74, 6) is -2.12. The molecule has 1 saturated heterocycles. The van der Waals surface area contributed by atoms with Crippen molar-refractivity contribution >= 4 is 17.9 Å². The number of rotatable bonds is 8. The van der Waals surface area contributed by atoms with Crippen LogP contribution in [0.15, 0.2) is 91.0 Å². The summed E-state index contributed by atoms with van der Waals surface area (Å²) >= 11 is 0. The Morgan fingerprint density at radius 1 is 0.703 bits per heavy atom. The first-order chi connectivity index (χ1) is 18.0. The molecule has 0 saturated carbocycles. The number of benzene rings is 3. The second kappa shape index (κ2) is 12.3. The van der Waals surface area contributed by atoms with Crippen LogP contribution >= 0.6 is 0 Å². The highest BCUT2D eigenvalue weighted by Crippen LogP contribution is 2.28. The second-order valence-electron chi connectivity index (χ2n) is 8.21. The predicted molar refractivity (Wildman–Crippen MR) is 130 cm³/mol. The minimum atomic E-state index is -1.51. The van der Waals surface area contributed by atoms with Gasteiger partial charge in [-0.2, -0.15) is 0 Å². The first kappa shape index (κ1) is 26.0. The number of carbonyl (C=O) groups excluding carboxylic acids is 3. The topological polar surface area (TPSA) is 118 Å². The summed E-state index contributed by atoms with van der Waals surface area (Å²) in [6.07, 6.45) is -6.60. The SMILES string of the molecule is CO[C@H]1O[C@H](COC(=O)c2ccccc2)[C@H](OC(=O)c2ccccc2)[C@H](OC(=O)c2ccccc2)[C@H]1O. The molecule has 0 bridgehead atoms. The predicted octanol–water partition coefficient (Wildman–Crippen LogP) is 3.03. The van der Waals surface area contributed by atoms with E-state index in [9.17, 15) is 19.5 Å². The Labute approximate surface area is 213 Å². The summed E-state index contributed by atoms with van der Waals surface area (Å²) in [7, 11) is 1.30. The molecule has 0 unspecified atom stereocenters. The maximum Gasteiger partial charge on any atom is 0.338 e. The molecular weight excluding hydrogens is 480 g/mol. The highest BCUT2D eigenvalue weighted by atomic mass is 16.7. The van der Waals surface area contributed by atoms with Gasteiger partial charge in [-0.3, -0.25) is 0 Å². The fourth-order valence-electron chi connectivity index (χ4n) is 3.85. The average Bonchev–Trinajstić information content (AvgIpc) is 2.95. The van der Waals surface area contributed by atoms with Gasteiger partial charge in [-0.15, -0.1) is 0 Å². The number of esters is 3. The number of aliphatic hydroxyl groups excluding tert-OH is 1. The van der Waals surface area contributed by atoms with Crippen molar-refractivity contribution in [1.82, 2.24) is 0 Å². The quantitative estimate of drug-likeness (QED) is 0.363. The molecule has 1 aliphatic rings. The lowest BCUT2D eigenvalue weighted by Crippen LogP contribution is -2.61. The van der Waals surface area contributed by atoms with E-state index in [1.54, 1.807) is 91.0 Å². The van der Waals surface area contributed by atoms with Gasteiger partial charge in [-0.25, -0.2) is 14.4 Å². The van der Waals surface area contributed by atoms with Crippen molar-refractivity contribution < 1.29 is 43.2 Å². The van der Waals surface area contributed by atoms with E-state index in [0.717, 1.165) is 0 Å². The summed E-state index contributed by atoms with van der Waals surface area (Å²) in [4.78, 5) is 38.4. The molecule has 1 aliphatic heterocycles. The van der Waals surface area contributed by atoms with Crippen LogP contribution in [-0.2, 0) is 23.7 Å². The lowest BCUT2D eigenvalue weighted by molar-refractivity contribution is -0.292. The Hall–Kier alpha value is -4.05. The van der Waals surface area contributed by atoms with Crippen LogP contribution in [0.1, 0.15) is 31.1 Å². The second-order valence-corrected chi connectivity index (χ2v) is 8.21. The molecule has 1 fully saturated rings. The number of carbonyl (C=O) groups is 3. The third-order valence-corrected chi connectivity index (χ3v) is 5.74. The average molecular weight is 507 g/mol. The van der Waals surface area contributed by atoms with Gasteiger partial charge in [0.2, 0.25) is 0 Å². The van der Waals surface area contributed by atoms with Crippen molar-refractivity contribution in [1.29, 1.82) is 0 Å². The van der Waals surface area contributed by atoms with Crippen LogP contribution < -0.4 is 0 Å². The zero-order valence-corrected chi connectivity index (χ0v) is 20.0. The minimum Gasteiger partial charge on any atom is -0.459 e. The molecule has 0 spiro atoms. The van der Waals surface area contributed by atoms with Crippen molar-refractivity contribution in [3.8, 4) is 0 Å². The number of hydrogen-bond acceptors (Lipinski definition) is 9. The van der Waals surface area contributed by atoms with Crippen LogP contribution in [0.3, 0.4) is 0 Å². The van der Waals surface area contributed by atoms with Crippen LogP contribution in [0.5, 0.6) is 0 Å². The molecule has 0 aromatic heterocycles. The molecule has 4 rings (SSSR count). The smallest absolute Gasteiger partial charge is 0.338 e. The van der Waals surface area contributed by atoms with Crippen LogP contribution in [0.4, 0.5) is 0 Å². The van der Waals surface area contributed by atoms with Gasteiger partial charge in [0.15, 0.2) is 18.5 Å². The maximum atomic E-state index is 12.9. The molecule has 0 aliphatic carbocycles. The van der Waals surface area contributed by atoms with Gasteiger partial charge >= 0.3 is 17.9 Å². The molecule has 1 N–H and O–H groups in total. The first-order valence-electron chi connectivity index (χ1n) is 11.6. The number of hydrogen-bond donors (Lipinski definition) is 1. The summed E-state index contributed by atoms with van der Waals surface area (Å²) < 4.78 is 27.8. The summed E-state index contributed by atoms with van der Waals surface area (Å²) in [5, 5.41) is 10.9. The zero-order chi connectivity index (χ0) is 26.2. The Morgan fingerprint density at radius 2 is 1.14 bits per heavy atom. The van der Waals surface area contributed by atoms with E-state index < -0.39 is 48.6 Å². The Kier molecular flexibility index (Phi) is 8.63. The minimum absolute atomic E-state index is 0.232. The molecule has 3 aromatic carbocycles. The van der Waals surface area contributed by atoms with Crippen molar-refractivity contribution in [3.05, 3.63) is 108 Å². The van der Waals surface area contributed by atoms with E-state index in [4.69, 9.17) is 23.7 Å². The third kappa shape index (κ3) is 6.39. The van der Waals surface area contributed by atoms with Gasteiger partial charge in [-0.05, 0) is 36.4 Å². The fourth-order valence-corrected chi connectivity index (χ4v) is 3.85. The van der Waals surface area contributed by atoms with E-state index in [-0.39, 0.29) is 17.7 Å². The molecule has 192 valence electrons. The van der Waals surface area contributed by atoms with Crippen LogP contribution in [0.2, 0.25) is 0 Å². The normalized spacial score (nSPS) is 23.0. The van der Waals surface area contributed by atoms with E-state index in [1.807, 2.05) is 0 Å². The lowest BCUT2D eigenvalue weighted by atomic mass is 9.98. The Bertz CT molecular complexity index is 1180. The van der Waals surface area contributed by atoms with Gasteiger partial charge in [0.25, 0.3) is 0 Å². The fraction of sp³-hybridized carbons (Fsp3) is 0.250. The molecule has 9 nitrogen and oxygen atoms in total. The van der Waals surface area contributed by atoms with E-state index in [0.29, 0.717) is 5.56 Å². The Morgan fingerprint density at radius 3 is 1.59 bits per heavy atom. The Balaban J connectivity index is 1.60. The maximum absolute atomic E-state index is 12.9.